The molecular formula is C24H27FN4O. The predicted octanol–water partition coefficient (Wildman–Crippen LogP) is 4.39. The minimum absolute atomic E-state index is 0.0315. The maximum Gasteiger partial charge on any atom is 0.228 e. The van der Waals surface area contributed by atoms with Crippen LogP contribution in [-0.4, -0.2) is 33.4 Å². The summed E-state index contributed by atoms with van der Waals surface area (Å²) in [5.74, 6) is 0.765. The van der Waals surface area contributed by atoms with Gasteiger partial charge in [-0.25, -0.2) is 9.37 Å². The molecule has 1 aromatic heterocycles. The minimum Gasteiger partial charge on any atom is -0.334 e. The van der Waals surface area contributed by atoms with Gasteiger partial charge in [0, 0.05) is 32.0 Å². The molecule has 0 radical (unpaired) electrons. The Morgan fingerprint density at radius 1 is 1.20 bits per heavy atom. The van der Waals surface area contributed by atoms with Crippen LogP contribution in [0, 0.1) is 18.7 Å². The number of nitrogens with zero attached hydrogens (tertiary/aromatic N) is 3. The van der Waals surface area contributed by atoms with Gasteiger partial charge in [0.2, 0.25) is 5.91 Å². The number of anilines is 1. The molecule has 2 heterocycles. The monoisotopic (exact) mass is 406 g/mol. The summed E-state index contributed by atoms with van der Waals surface area (Å²) in [7, 11) is 2.03. The number of benzene rings is 2. The lowest BCUT2D eigenvalue weighted by molar-refractivity contribution is -0.121. The highest BCUT2D eigenvalue weighted by Crippen LogP contribution is 2.24. The summed E-state index contributed by atoms with van der Waals surface area (Å²) in [6.45, 7) is 4.55. The second kappa shape index (κ2) is 8.79. The van der Waals surface area contributed by atoms with Gasteiger partial charge in [0.1, 0.15) is 11.6 Å². The molecule has 30 heavy (non-hydrogen) atoms. The van der Waals surface area contributed by atoms with E-state index >= 15 is 0 Å². The second-order valence-corrected chi connectivity index (χ2v) is 8.01. The maximum absolute atomic E-state index is 13.4. The highest BCUT2D eigenvalue weighted by atomic mass is 19.1. The third-order valence-electron chi connectivity index (χ3n) is 5.89. The van der Waals surface area contributed by atoms with E-state index in [4.69, 9.17) is 0 Å². The van der Waals surface area contributed by atoms with Crippen molar-refractivity contribution in [2.24, 2.45) is 13.0 Å². The largest absolute Gasteiger partial charge is 0.334 e. The summed E-state index contributed by atoms with van der Waals surface area (Å²) in [5, 5.41) is 3.04. The Morgan fingerprint density at radius 2 is 2.00 bits per heavy atom. The number of carbonyl (C=O) groups is 1. The third kappa shape index (κ3) is 4.60. The van der Waals surface area contributed by atoms with E-state index < -0.39 is 0 Å². The molecule has 156 valence electrons. The number of rotatable bonds is 5. The van der Waals surface area contributed by atoms with Crippen LogP contribution in [-0.2, 0) is 18.4 Å². The van der Waals surface area contributed by atoms with Crippen molar-refractivity contribution in [3.8, 4) is 11.1 Å². The molecule has 0 saturated carbocycles. The average Bonchev–Trinajstić information content (AvgIpc) is 3.06. The number of likely N-dealkylation sites (tertiary alicyclic amines) is 1. The van der Waals surface area contributed by atoms with Gasteiger partial charge in [0.25, 0.3) is 0 Å². The van der Waals surface area contributed by atoms with E-state index in [2.05, 4.69) is 19.8 Å². The van der Waals surface area contributed by atoms with Crippen molar-refractivity contribution in [3.05, 3.63) is 72.1 Å². The number of aryl methyl sites for hydroxylation is 1. The first-order chi connectivity index (χ1) is 14.5. The molecule has 1 aliphatic heterocycles. The fraction of sp³-hybridized carbons (Fsp3) is 0.333. The van der Waals surface area contributed by atoms with E-state index in [1.807, 2.05) is 50.5 Å². The van der Waals surface area contributed by atoms with E-state index in [0.29, 0.717) is 0 Å². The predicted molar refractivity (Wildman–Crippen MR) is 116 cm³/mol. The smallest absolute Gasteiger partial charge is 0.228 e. The molecule has 3 aromatic rings. The van der Waals surface area contributed by atoms with Gasteiger partial charge >= 0.3 is 0 Å². The SMILES string of the molecule is Cc1ncc(CN2CCCC(C(=O)Nc3ccc(-c4cccc(F)c4)cc3)C2)n1C. The van der Waals surface area contributed by atoms with Gasteiger partial charge in [-0.3, -0.25) is 9.69 Å². The number of amides is 1. The first kappa shape index (κ1) is 20.3. The molecule has 1 aliphatic rings. The van der Waals surface area contributed by atoms with Crippen LogP contribution >= 0.6 is 0 Å². The van der Waals surface area contributed by atoms with E-state index in [1.54, 1.807) is 6.07 Å². The lowest BCUT2D eigenvalue weighted by Gasteiger charge is -2.32. The Hall–Kier alpha value is -2.99. The van der Waals surface area contributed by atoms with Crippen LogP contribution < -0.4 is 5.32 Å². The highest BCUT2D eigenvalue weighted by Gasteiger charge is 2.26. The summed E-state index contributed by atoms with van der Waals surface area (Å²) >= 11 is 0. The summed E-state index contributed by atoms with van der Waals surface area (Å²) in [6, 6.07) is 14.1. The first-order valence-corrected chi connectivity index (χ1v) is 10.4. The molecule has 0 bridgehead atoms. The fourth-order valence-electron chi connectivity index (χ4n) is 4.00. The maximum atomic E-state index is 13.4. The lowest BCUT2D eigenvalue weighted by Crippen LogP contribution is -2.40. The molecule has 6 heteroatoms. The molecule has 1 saturated heterocycles. The zero-order chi connectivity index (χ0) is 21.1. The minimum atomic E-state index is -0.256. The topological polar surface area (TPSA) is 50.2 Å². The number of halogens is 1. The number of imidazole rings is 1. The van der Waals surface area contributed by atoms with Gasteiger partial charge in [-0.15, -0.1) is 0 Å². The Morgan fingerprint density at radius 3 is 2.70 bits per heavy atom. The van der Waals surface area contributed by atoms with Crippen molar-refractivity contribution in [1.82, 2.24) is 14.5 Å². The van der Waals surface area contributed by atoms with Gasteiger partial charge in [-0.2, -0.15) is 0 Å². The van der Waals surface area contributed by atoms with Gasteiger partial charge in [-0.1, -0.05) is 24.3 Å². The van der Waals surface area contributed by atoms with Crippen molar-refractivity contribution < 1.29 is 9.18 Å². The molecule has 2 aromatic carbocycles. The van der Waals surface area contributed by atoms with Crippen molar-refractivity contribution in [3.63, 3.8) is 0 Å². The van der Waals surface area contributed by atoms with E-state index in [9.17, 15) is 9.18 Å². The molecule has 1 unspecified atom stereocenters. The van der Waals surface area contributed by atoms with Crippen molar-refractivity contribution in [2.45, 2.75) is 26.3 Å². The van der Waals surface area contributed by atoms with Crippen molar-refractivity contribution >= 4 is 11.6 Å². The molecule has 1 fully saturated rings. The summed E-state index contributed by atoms with van der Waals surface area (Å²) in [5.41, 5.74) is 3.67. The zero-order valence-corrected chi connectivity index (χ0v) is 17.4. The van der Waals surface area contributed by atoms with Crippen molar-refractivity contribution in [1.29, 1.82) is 0 Å². The second-order valence-electron chi connectivity index (χ2n) is 8.01. The number of hydrogen-bond donors (Lipinski definition) is 1. The van der Waals surface area contributed by atoms with Crippen LogP contribution in [0.1, 0.15) is 24.4 Å². The van der Waals surface area contributed by atoms with E-state index in [1.165, 1.54) is 17.8 Å². The van der Waals surface area contributed by atoms with Gasteiger partial charge in [-0.05, 0) is 61.7 Å². The normalized spacial score (nSPS) is 17.1. The molecule has 1 atom stereocenters. The molecule has 1 amide bonds. The summed E-state index contributed by atoms with van der Waals surface area (Å²) in [4.78, 5) is 19.5. The van der Waals surface area contributed by atoms with Crippen LogP contribution in [0.15, 0.2) is 54.7 Å². The number of piperidine rings is 1. The number of carbonyl (C=O) groups excluding carboxylic acids is 1. The number of hydrogen-bond acceptors (Lipinski definition) is 3. The molecular weight excluding hydrogens is 379 g/mol. The third-order valence-corrected chi connectivity index (χ3v) is 5.89. The van der Waals surface area contributed by atoms with Gasteiger partial charge in [0.15, 0.2) is 0 Å². The standard InChI is InChI=1S/C24H27FN4O/c1-17-26-14-23(28(17)2)16-29-12-4-6-20(15-29)24(30)27-22-10-8-18(9-11-22)19-5-3-7-21(25)13-19/h3,5,7-11,13-14,20H,4,6,12,15-16H2,1-2H3,(H,27,30). The van der Waals surface area contributed by atoms with Gasteiger partial charge < -0.3 is 9.88 Å². The van der Waals surface area contributed by atoms with Crippen LogP contribution in [0.4, 0.5) is 10.1 Å². The Kier molecular flexibility index (Phi) is 5.95. The van der Waals surface area contributed by atoms with Crippen LogP contribution in [0.5, 0.6) is 0 Å². The molecule has 0 aliphatic carbocycles. The summed E-state index contributed by atoms with van der Waals surface area (Å²) in [6.07, 6.45) is 3.82. The fourth-order valence-corrected chi connectivity index (χ4v) is 4.00. The number of aromatic nitrogens is 2. The molecule has 4 rings (SSSR count). The van der Waals surface area contributed by atoms with Crippen LogP contribution in [0.25, 0.3) is 11.1 Å². The zero-order valence-electron chi connectivity index (χ0n) is 17.4. The molecule has 1 N–H and O–H groups in total. The first-order valence-electron chi connectivity index (χ1n) is 10.4. The quantitative estimate of drug-likeness (QED) is 0.684. The van der Waals surface area contributed by atoms with Crippen LogP contribution in [0.2, 0.25) is 0 Å². The molecule has 5 nitrogen and oxygen atoms in total. The molecule has 0 spiro atoms. The van der Waals surface area contributed by atoms with Crippen LogP contribution in [0.3, 0.4) is 0 Å². The number of nitrogens with one attached hydrogen (secondary N) is 1. The summed E-state index contributed by atoms with van der Waals surface area (Å²) < 4.78 is 15.5. The average molecular weight is 407 g/mol. The Bertz CT molecular complexity index is 1030. The Balaban J connectivity index is 1.36. The lowest BCUT2D eigenvalue weighted by atomic mass is 9.96. The van der Waals surface area contributed by atoms with E-state index in [0.717, 1.165) is 55.1 Å². The van der Waals surface area contributed by atoms with E-state index in [-0.39, 0.29) is 17.6 Å². The van der Waals surface area contributed by atoms with Gasteiger partial charge in [0.05, 0.1) is 11.6 Å². The van der Waals surface area contributed by atoms with Crippen molar-refractivity contribution in [2.75, 3.05) is 18.4 Å². The highest BCUT2D eigenvalue weighted by molar-refractivity contribution is 5.93. The Labute approximate surface area is 176 Å².